The monoisotopic (exact) mass is 317 g/mol. The van der Waals surface area contributed by atoms with Crippen molar-refractivity contribution in [2.45, 2.75) is 39.0 Å². The Labute approximate surface area is 138 Å². The third-order valence-electron chi connectivity index (χ3n) is 5.21. The Kier molecular flexibility index (Phi) is 4.48. The number of hydrogen-bond acceptors (Lipinski definition) is 3. The van der Waals surface area contributed by atoms with Gasteiger partial charge in [0.15, 0.2) is 5.96 Å². The molecule has 1 aromatic rings. The molecule has 5 nitrogen and oxygen atoms in total. The summed E-state index contributed by atoms with van der Waals surface area (Å²) in [5.74, 6) is 2.31. The Balaban J connectivity index is 1.58. The molecule has 0 aromatic heterocycles. The fourth-order valence-corrected chi connectivity index (χ4v) is 3.93. The maximum atomic E-state index is 5.85. The second kappa shape index (κ2) is 6.40. The van der Waals surface area contributed by atoms with Gasteiger partial charge >= 0.3 is 0 Å². The minimum absolute atomic E-state index is 0.148. The lowest BCUT2D eigenvalue weighted by molar-refractivity contribution is -0.106. The van der Waals surface area contributed by atoms with Gasteiger partial charge in [0.2, 0.25) is 0 Å². The van der Waals surface area contributed by atoms with Crippen LogP contribution in [0.3, 0.4) is 0 Å². The number of rotatable bonds is 4. The molecule has 2 N–H and O–H groups in total. The summed E-state index contributed by atoms with van der Waals surface area (Å²) >= 11 is 0. The summed E-state index contributed by atoms with van der Waals surface area (Å²) in [6.07, 6.45) is 1.52. The van der Waals surface area contributed by atoms with E-state index in [4.69, 9.17) is 9.47 Å². The Morgan fingerprint density at radius 1 is 1.43 bits per heavy atom. The minimum atomic E-state index is 0.148. The Hall–Kier alpha value is -1.75. The van der Waals surface area contributed by atoms with Crippen molar-refractivity contribution in [2.24, 2.45) is 16.3 Å². The van der Waals surface area contributed by atoms with Gasteiger partial charge in [-0.2, -0.15) is 0 Å². The molecule has 1 aliphatic carbocycles. The predicted octanol–water partition coefficient (Wildman–Crippen LogP) is 2.17. The minimum Gasteiger partial charge on any atom is -0.497 e. The normalized spacial score (nSPS) is 28.7. The van der Waals surface area contributed by atoms with Crippen LogP contribution in [-0.2, 0) is 11.3 Å². The lowest BCUT2D eigenvalue weighted by Gasteiger charge is -2.54. The quantitative estimate of drug-likeness (QED) is 0.660. The van der Waals surface area contributed by atoms with E-state index in [1.165, 1.54) is 5.56 Å². The molecule has 0 amide bonds. The molecule has 2 fully saturated rings. The highest BCUT2D eigenvalue weighted by atomic mass is 16.5. The van der Waals surface area contributed by atoms with Crippen LogP contribution in [0.5, 0.6) is 5.75 Å². The number of guanidine groups is 1. The second-order valence-corrected chi connectivity index (χ2v) is 6.96. The Morgan fingerprint density at radius 3 is 3.00 bits per heavy atom. The molecule has 1 aliphatic heterocycles. The van der Waals surface area contributed by atoms with E-state index in [0.717, 1.165) is 24.7 Å². The van der Waals surface area contributed by atoms with E-state index in [1.807, 2.05) is 25.2 Å². The standard InChI is InChI=1S/C18H27N3O2/c1-18(2)15(14-8-9-23-16(14)18)21-17(19-3)20-11-12-6-5-7-13(10-12)22-4/h5-7,10,14-16H,8-9,11H2,1-4H3,(H2,19,20,21). The number of hydrogen-bond donors (Lipinski definition) is 2. The van der Waals surface area contributed by atoms with Gasteiger partial charge in [-0.3, -0.25) is 4.99 Å². The van der Waals surface area contributed by atoms with E-state index in [9.17, 15) is 0 Å². The fourth-order valence-electron chi connectivity index (χ4n) is 3.93. The second-order valence-electron chi connectivity index (χ2n) is 6.96. The molecular weight excluding hydrogens is 290 g/mol. The first-order valence-electron chi connectivity index (χ1n) is 8.28. The van der Waals surface area contributed by atoms with Crippen molar-refractivity contribution in [1.82, 2.24) is 10.6 Å². The number of fused-ring (bicyclic) bond motifs is 1. The van der Waals surface area contributed by atoms with Gasteiger partial charge < -0.3 is 20.1 Å². The molecule has 3 rings (SSSR count). The lowest BCUT2D eigenvalue weighted by Crippen LogP contribution is -2.67. The van der Waals surface area contributed by atoms with Crippen LogP contribution < -0.4 is 15.4 Å². The highest BCUT2D eigenvalue weighted by molar-refractivity contribution is 5.80. The van der Waals surface area contributed by atoms with Crippen LogP contribution in [0.2, 0.25) is 0 Å². The number of aliphatic imine (C=N–C) groups is 1. The van der Waals surface area contributed by atoms with Gasteiger partial charge in [0.05, 0.1) is 13.2 Å². The first kappa shape index (κ1) is 16.1. The Bertz CT molecular complexity index is 585. The third-order valence-corrected chi connectivity index (χ3v) is 5.21. The van der Waals surface area contributed by atoms with Crippen molar-refractivity contribution in [3.8, 4) is 5.75 Å². The summed E-state index contributed by atoms with van der Waals surface area (Å²) in [6.45, 7) is 6.14. The molecule has 3 unspecified atom stereocenters. The molecule has 1 saturated carbocycles. The third kappa shape index (κ3) is 3.02. The molecule has 0 bridgehead atoms. The number of benzene rings is 1. The van der Waals surface area contributed by atoms with E-state index in [-0.39, 0.29) is 5.41 Å². The summed E-state index contributed by atoms with van der Waals surface area (Å²) in [5, 5.41) is 6.99. The van der Waals surface area contributed by atoms with Crippen LogP contribution in [0.1, 0.15) is 25.8 Å². The van der Waals surface area contributed by atoms with Crippen LogP contribution >= 0.6 is 0 Å². The molecule has 2 aliphatic rings. The summed E-state index contributed by atoms with van der Waals surface area (Å²) in [5.41, 5.74) is 1.32. The van der Waals surface area contributed by atoms with Gasteiger partial charge in [-0.05, 0) is 24.1 Å². The SMILES string of the molecule is CN=C(NCc1cccc(OC)c1)NC1C2CCOC2C1(C)C. The van der Waals surface area contributed by atoms with Gasteiger partial charge in [0.25, 0.3) is 0 Å². The zero-order valence-electron chi connectivity index (χ0n) is 14.4. The highest BCUT2D eigenvalue weighted by Gasteiger charge is 2.59. The summed E-state index contributed by atoms with van der Waals surface area (Å²) in [6, 6.07) is 8.48. The van der Waals surface area contributed by atoms with Gasteiger partial charge in [-0.25, -0.2) is 0 Å². The smallest absolute Gasteiger partial charge is 0.191 e. The van der Waals surface area contributed by atoms with Crippen LogP contribution in [0.25, 0.3) is 0 Å². The number of nitrogens with zero attached hydrogens (tertiary/aromatic N) is 1. The molecular formula is C18H27N3O2. The van der Waals surface area contributed by atoms with Gasteiger partial charge in [0, 0.05) is 37.6 Å². The largest absolute Gasteiger partial charge is 0.497 e. The van der Waals surface area contributed by atoms with Crippen molar-refractivity contribution >= 4 is 5.96 Å². The molecule has 0 radical (unpaired) electrons. The van der Waals surface area contributed by atoms with E-state index in [0.29, 0.717) is 24.6 Å². The maximum Gasteiger partial charge on any atom is 0.191 e. The zero-order chi connectivity index (χ0) is 16.4. The van der Waals surface area contributed by atoms with E-state index >= 15 is 0 Å². The van der Waals surface area contributed by atoms with Crippen LogP contribution in [0.4, 0.5) is 0 Å². The molecule has 1 aromatic carbocycles. The maximum absolute atomic E-state index is 5.85. The molecule has 126 valence electrons. The van der Waals surface area contributed by atoms with Crippen molar-refractivity contribution in [3.63, 3.8) is 0 Å². The van der Waals surface area contributed by atoms with Gasteiger partial charge in [-0.1, -0.05) is 26.0 Å². The summed E-state index contributed by atoms with van der Waals surface area (Å²) in [4.78, 5) is 4.37. The lowest BCUT2D eigenvalue weighted by atomic mass is 9.57. The van der Waals surface area contributed by atoms with Crippen LogP contribution in [-0.4, -0.2) is 38.9 Å². The molecule has 1 heterocycles. The van der Waals surface area contributed by atoms with E-state index < -0.39 is 0 Å². The van der Waals surface area contributed by atoms with Crippen molar-refractivity contribution in [2.75, 3.05) is 20.8 Å². The fraction of sp³-hybridized carbons (Fsp3) is 0.611. The first-order valence-corrected chi connectivity index (χ1v) is 8.28. The summed E-state index contributed by atoms with van der Waals surface area (Å²) < 4.78 is 11.1. The highest BCUT2D eigenvalue weighted by Crippen LogP contribution is 2.52. The molecule has 3 atom stereocenters. The topological polar surface area (TPSA) is 54.9 Å². The van der Waals surface area contributed by atoms with Gasteiger partial charge in [-0.15, -0.1) is 0 Å². The molecule has 0 spiro atoms. The van der Waals surface area contributed by atoms with Crippen LogP contribution in [0, 0.1) is 11.3 Å². The van der Waals surface area contributed by atoms with E-state index in [2.05, 4.69) is 35.5 Å². The van der Waals surface area contributed by atoms with Crippen molar-refractivity contribution in [1.29, 1.82) is 0 Å². The molecule has 1 saturated heterocycles. The predicted molar refractivity (Wildman–Crippen MR) is 91.7 cm³/mol. The first-order chi connectivity index (χ1) is 11.1. The average Bonchev–Trinajstić information content (AvgIpc) is 3.02. The molecule has 23 heavy (non-hydrogen) atoms. The van der Waals surface area contributed by atoms with E-state index in [1.54, 1.807) is 7.11 Å². The Morgan fingerprint density at radius 2 is 2.26 bits per heavy atom. The van der Waals surface area contributed by atoms with Crippen molar-refractivity contribution in [3.05, 3.63) is 29.8 Å². The number of methoxy groups -OCH3 is 1. The zero-order valence-corrected chi connectivity index (χ0v) is 14.4. The number of ether oxygens (including phenoxy) is 2. The van der Waals surface area contributed by atoms with Crippen LogP contribution in [0.15, 0.2) is 29.3 Å². The molecule has 5 heteroatoms. The van der Waals surface area contributed by atoms with Crippen molar-refractivity contribution < 1.29 is 9.47 Å². The van der Waals surface area contributed by atoms with Gasteiger partial charge in [0.1, 0.15) is 5.75 Å². The number of nitrogens with one attached hydrogen (secondary N) is 2. The summed E-state index contributed by atoms with van der Waals surface area (Å²) in [7, 11) is 3.50. The average molecular weight is 317 g/mol.